The van der Waals surface area contributed by atoms with E-state index in [2.05, 4.69) is 45.0 Å². The van der Waals surface area contributed by atoms with E-state index in [4.69, 9.17) is 0 Å². The molecule has 2 nitrogen and oxygen atoms in total. The number of hydrogen-bond acceptors (Lipinski definition) is 2. The second-order valence-electron chi connectivity index (χ2n) is 6.06. The van der Waals surface area contributed by atoms with Gasteiger partial charge in [-0.25, -0.2) is 0 Å². The Morgan fingerprint density at radius 1 is 1.09 bits per heavy atom. The van der Waals surface area contributed by atoms with E-state index in [1.54, 1.807) is 11.3 Å². The molecule has 0 radical (unpaired) electrons. The molecule has 1 aliphatic rings. The fraction of sp³-hybridized carbons (Fsp3) is 0.421. The highest BCUT2D eigenvalue weighted by Gasteiger charge is 2.24. The van der Waals surface area contributed by atoms with Gasteiger partial charge in [-0.1, -0.05) is 31.2 Å². The van der Waals surface area contributed by atoms with Crippen LogP contribution < -0.4 is 0 Å². The van der Waals surface area contributed by atoms with E-state index in [-0.39, 0.29) is 5.91 Å². The number of rotatable bonds is 3. The minimum atomic E-state index is 0.222. The van der Waals surface area contributed by atoms with Gasteiger partial charge in [-0.2, -0.15) is 0 Å². The third-order valence-corrected chi connectivity index (χ3v) is 6.09. The number of carbonyl (C=O) groups excluding carboxylic acids is 1. The van der Waals surface area contributed by atoms with E-state index in [0.717, 1.165) is 42.8 Å². The van der Waals surface area contributed by atoms with Gasteiger partial charge >= 0.3 is 0 Å². The second kappa shape index (κ2) is 6.25. The molecule has 3 heteroatoms. The van der Waals surface area contributed by atoms with Gasteiger partial charge in [0.2, 0.25) is 0 Å². The van der Waals surface area contributed by atoms with Crippen molar-refractivity contribution in [2.45, 2.75) is 40.0 Å². The van der Waals surface area contributed by atoms with Crippen LogP contribution in [0, 0.1) is 13.8 Å². The summed E-state index contributed by atoms with van der Waals surface area (Å²) in [6.45, 7) is 8.21. The fourth-order valence-electron chi connectivity index (χ4n) is 3.03. The Hall–Kier alpha value is -1.61. The lowest BCUT2D eigenvalue weighted by atomic mass is 10.0. The molecule has 116 valence electrons. The van der Waals surface area contributed by atoms with Crippen LogP contribution in [0.25, 0.3) is 10.4 Å². The van der Waals surface area contributed by atoms with Crippen LogP contribution in [0.1, 0.15) is 46.1 Å². The molecule has 1 fully saturated rings. The van der Waals surface area contributed by atoms with Gasteiger partial charge in [0.15, 0.2) is 0 Å². The third kappa shape index (κ3) is 2.70. The first-order chi connectivity index (χ1) is 10.6. The largest absolute Gasteiger partial charge is 0.338 e. The predicted molar refractivity (Wildman–Crippen MR) is 93.7 cm³/mol. The van der Waals surface area contributed by atoms with Crippen molar-refractivity contribution >= 4 is 17.2 Å². The van der Waals surface area contributed by atoms with Gasteiger partial charge in [0.1, 0.15) is 0 Å². The zero-order chi connectivity index (χ0) is 15.7. The smallest absolute Gasteiger partial charge is 0.264 e. The summed E-state index contributed by atoms with van der Waals surface area (Å²) in [5.74, 6) is 0.222. The van der Waals surface area contributed by atoms with Crippen LogP contribution in [-0.2, 0) is 6.42 Å². The fourth-order valence-corrected chi connectivity index (χ4v) is 4.32. The molecule has 2 heterocycles. The first kappa shape index (κ1) is 15.3. The first-order valence-corrected chi connectivity index (χ1v) is 8.92. The molecule has 22 heavy (non-hydrogen) atoms. The normalized spacial score (nSPS) is 14.6. The number of likely N-dealkylation sites (tertiary alicyclic amines) is 1. The Bertz CT molecular complexity index is 678. The summed E-state index contributed by atoms with van der Waals surface area (Å²) in [5.41, 5.74) is 4.97. The number of hydrogen-bond donors (Lipinski definition) is 0. The molecule has 0 bridgehead atoms. The average Bonchev–Trinajstić information content (AvgIpc) is 3.17. The van der Waals surface area contributed by atoms with Crippen molar-refractivity contribution < 1.29 is 4.79 Å². The van der Waals surface area contributed by atoms with E-state index in [0.29, 0.717) is 0 Å². The molecule has 1 aromatic heterocycles. The molecular formula is C19H23NOS. The highest BCUT2D eigenvalue weighted by atomic mass is 32.1. The molecule has 1 saturated heterocycles. The van der Waals surface area contributed by atoms with Crippen molar-refractivity contribution in [2.75, 3.05) is 13.1 Å². The predicted octanol–water partition coefficient (Wildman–Crippen LogP) is 4.83. The van der Waals surface area contributed by atoms with Gasteiger partial charge in [0.25, 0.3) is 5.91 Å². The van der Waals surface area contributed by atoms with E-state index in [1.165, 1.54) is 21.6 Å². The number of thiophene rings is 1. The summed E-state index contributed by atoms with van der Waals surface area (Å²) in [4.78, 5) is 16.9. The van der Waals surface area contributed by atoms with Crippen LogP contribution in [0.5, 0.6) is 0 Å². The van der Waals surface area contributed by atoms with Gasteiger partial charge in [-0.05, 0) is 55.4 Å². The minimum absolute atomic E-state index is 0.222. The summed E-state index contributed by atoms with van der Waals surface area (Å²) in [7, 11) is 0. The Morgan fingerprint density at radius 2 is 1.73 bits per heavy atom. The number of benzene rings is 1. The summed E-state index contributed by atoms with van der Waals surface area (Å²) >= 11 is 1.66. The zero-order valence-electron chi connectivity index (χ0n) is 13.6. The number of nitrogens with zero attached hydrogens (tertiary/aromatic N) is 1. The van der Waals surface area contributed by atoms with Crippen LogP contribution in [0.2, 0.25) is 0 Å². The molecule has 0 N–H and O–H groups in total. The highest BCUT2D eigenvalue weighted by Crippen LogP contribution is 2.37. The van der Waals surface area contributed by atoms with Crippen molar-refractivity contribution in [1.29, 1.82) is 0 Å². The Morgan fingerprint density at radius 3 is 2.32 bits per heavy atom. The van der Waals surface area contributed by atoms with Gasteiger partial charge in [0, 0.05) is 18.0 Å². The zero-order valence-corrected chi connectivity index (χ0v) is 14.4. The van der Waals surface area contributed by atoms with Crippen molar-refractivity contribution in [1.82, 2.24) is 4.90 Å². The SMILES string of the molecule is CCc1ccc(-c2sc(C(=O)N3CCCC3)c(C)c2C)cc1. The molecule has 3 rings (SSSR count). The lowest BCUT2D eigenvalue weighted by Crippen LogP contribution is -2.27. The van der Waals surface area contributed by atoms with Crippen molar-refractivity contribution in [3.05, 3.63) is 45.8 Å². The maximum Gasteiger partial charge on any atom is 0.264 e. The topological polar surface area (TPSA) is 20.3 Å². The molecule has 0 saturated carbocycles. The Labute approximate surface area is 136 Å². The standard InChI is InChI=1S/C19H23NOS/c1-4-15-7-9-16(10-8-15)17-13(2)14(3)18(22-17)19(21)20-11-5-6-12-20/h7-10H,4-6,11-12H2,1-3H3. The molecule has 0 atom stereocenters. The minimum Gasteiger partial charge on any atom is -0.338 e. The molecule has 1 aliphatic heterocycles. The van der Waals surface area contributed by atoms with Gasteiger partial charge in [-0.3, -0.25) is 4.79 Å². The molecule has 2 aromatic rings. The van der Waals surface area contributed by atoms with Crippen LogP contribution in [0.15, 0.2) is 24.3 Å². The second-order valence-corrected chi connectivity index (χ2v) is 7.08. The molecule has 0 unspecified atom stereocenters. The van der Waals surface area contributed by atoms with Gasteiger partial charge < -0.3 is 4.90 Å². The lowest BCUT2D eigenvalue weighted by Gasteiger charge is -2.14. The van der Waals surface area contributed by atoms with Gasteiger partial charge in [-0.15, -0.1) is 11.3 Å². The third-order valence-electron chi connectivity index (χ3n) is 4.66. The summed E-state index contributed by atoms with van der Waals surface area (Å²) < 4.78 is 0. The van der Waals surface area contributed by atoms with Crippen LogP contribution >= 0.6 is 11.3 Å². The first-order valence-electron chi connectivity index (χ1n) is 8.10. The molecular weight excluding hydrogens is 290 g/mol. The quantitative estimate of drug-likeness (QED) is 0.794. The maximum atomic E-state index is 12.7. The van der Waals surface area contributed by atoms with Crippen LogP contribution in [-0.4, -0.2) is 23.9 Å². The Kier molecular flexibility index (Phi) is 4.34. The van der Waals surface area contributed by atoms with E-state index >= 15 is 0 Å². The molecule has 0 aliphatic carbocycles. The monoisotopic (exact) mass is 313 g/mol. The summed E-state index contributed by atoms with van der Waals surface area (Å²) in [6.07, 6.45) is 3.34. The average molecular weight is 313 g/mol. The highest BCUT2D eigenvalue weighted by molar-refractivity contribution is 7.17. The summed E-state index contributed by atoms with van der Waals surface area (Å²) in [5, 5.41) is 0. The number of carbonyl (C=O) groups is 1. The van der Waals surface area contributed by atoms with Crippen molar-refractivity contribution in [3.63, 3.8) is 0 Å². The number of aryl methyl sites for hydroxylation is 1. The van der Waals surface area contributed by atoms with E-state index < -0.39 is 0 Å². The van der Waals surface area contributed by atoms with E-state index in [1.807, 2.05) is 4.90 Å². The molecule has 0 spiro atoms. The van der Waals surface area contributed by atoms with E-state index in [9.17, 15) is 4.79 Å². The molecule has 1 amide bonds. The van der Waals surface area contributed by atoms with Crippen LogP contribution in [0.3, 0.4) is 0 Å². The summed E-state index contributed by atoms with van der Waals surface area (Å²) in [6, 6.07) is 8.74. The lowest BCUT2D eigenvalue weighted by molar-refractivity contribution is 0.0797. The molecule has 1 aromatic carbocycles. The Balaban J connectivity index is 1.95. The van der Waals surface area contributed by atoms with Crippen molar-refractivity contribution in [3.8, 4) is 10.4 Å². The maximum absolute atomic E-state index is 12.7. The van der Waals surface area contributed by atoms with Crippen molar-refractivity contribution in [2.24, 2.45) is 0 Å². The van der Waals surface area contributed by atoms with Crippen LogP contribution in [0.4, 0.5) is 0 Å². The number of amides is 1. The van der Waals surface area contributed by atoms with Gasteiger partial charge in [0.05, 0.1) is 4.88 Å².